The molecule has 3 heterocycles. The van der Waals surface area contributed by atoms with Gasteiger partial charge < -0.3 is 19.5 Å². The van der Waals surface area contributed by atoms with Gasteiger partial charge in [-0.15, -0.1) is 0 Å². The van der Waals surface area contributed by atoms with E-state index in [1.165, 1.54) is 10.5 Å². The third kappa shape index (κ3) is 6.07. The normalized spacial score (nSPS) is 18.8. The molecule has 1 saturated heterocycles. The van der Waals surface area contributed by atoms with Crippen molar-refractivity contribution in [3.63, 3.8) is 0 Å². The lowest BCUT2D eigenvalue weighted by atomic mass is 9.97. The van der Waals surface area contributed by atoms with Crippen LogP contribution < -0.4 is 14.8 Å². The van der Waals surface area contributed by atoms with E-state index in [4.69, 9.17) is 14.2 Å². The third-order valence-electron chi connectivity index (χ3n) is 6.56. The van der Waals surface area contributed by atoms with Crippen molar-refractivity contribution in [1.29, 1.82) is 0 Å². The molecule has 0 saturated carbocycles. The fraction of sp³-hybridized carbons (Fsp3) is 0.367. The quantitative estimate of drug-likeness (QED) is 0.430. The van der Waals surface area contributed by atoms with Crippen molar-refractivity contribution in [2.75, 3.05) is 11.9 Å². The second kappa shape index (κ2) is 10.7. The van der Waals surface area contributed by atoms with Crippen LogP contribution in [0.1, 0.15) is 57.3 Å². The van der Waals surface area contributed by atoms with Crippen LogP contribution >= 0.6 is 0 Å². The Balaban J connectivity index is 1.18. The van der Waals surface area contributed by atoms with Gasteiger partial charge >= 0.3 is 6.09 Å². The van der Waals surface area contributed by atoms with Crippen LogP contribution in [-0.2, 0) is 16.0 Å². The molecule has 2 amide bonds. The molecule has 0 aliphatic carbocycles. The topological polar surface area (TPSA) is 90.0 Å². The van der Waals surface area contributed by atoms with Gasteiger partial charge in [-0.05, 0) is 81.8 Å². The van der Waals surface area contributed by atoms with Gasteiger partial charge in [-0.1, -0.05) is 30.3 Å². The second-order valence-corrected chi connectivity index (χ2v) is 10.6. The third-order valence-corrected chi connectivity index (χ3v) is 6.56. The Morgan fingerprint density at radius 3 is 2.61 bits per heavy atom. The Hall–Kier alpha value is -4.07. The smallest absolute Gasteiger partial charge is 0.410 e. The summed E-state index contributed by atoms with van der Waals surface area (Å²) in [6, 6.07) is 18.9. The Kier molecular flexibility index (Phi) is 7.22. The predicted molar refractivity (Wildman–Crippen MR) is 143 cm³/mol. The van der Waals surface area contributed by atoms with Gasteiger partial charge in [0.15, 0.2) is 0 Å². The molecule has 8 heteroatoms. The Morgan fingerprint density at radius 1 is 1.05 bits per heavy atom. The van der Waals surface area contributed by atoms with Gasteiger partial charge in [0, 0.05) is 12.6 Å². The van der Waals surface area contributed by atoms with Crippen LogP contribution in [-0.4, -0.2) is 40.1 Å². The van der Waals surface area contributed by atoms with E-state index >= 15 is 0 Å². The Morgan fingerprint density at radius 2 is 1.87 bits per heavy atom. The first-order valence-corrected chi connectivity index (χ1v) is 13.0. The number of hydrogen-bond acceptors (Lipinski definition) is 6. The van der Waals surface area contributed by atoms with E-state index in [0.717, 1.165) is 30.6 Å². The Labute approximate surface area is 222 Å². The predicted octanol–water partition coefficient (Wildman–Crippen LogP) is 6.28. The molecular weight excluding hydrogens is 482 g/mol. The van der Waals surface area contributed by atoms with E-state index in [1.807, 2.05) is 57.2 Å². The zero-order valence-corrected chi connectivity index (χ0v) is 22.0. The van der Waals surface area contributed by atoms with Crippen LogP contribution in [0.3, 0.4) is 0 Å². The van der Waals surface area contributed by atoms with E-state index in [-0.39, 0.29) is 12.0 Å². The molecule has 1 unspecified atom stereocenters. The molecule has 198 valence electrons. The summed E-state index contributed by atoms with van der Waals surface area (Å²) in [7, 11) is 0. The monoisotopic (exact) mass is 515 g/mol. The number of likely N-dealkylation sites (tertiary alicyclic amines) is 1. The number of pyridine rings is 1. The number of amides is 2. The summed E-state index contributed by atoms with van der Waals surface area (Å²) in [6.45, 7) is 5.93. The summed E-state index contributed by atoms with van der Waals surface area (Å²) in [5.74, 6) is 1.70. The van der Waals surface area contributed by atoms with Crippen molar-refractivity contribution in [2.45, 2.75) is 64.2 Å². The zero-order valence-electron chi connectivity index (χ0n) is 22.0. The molecule has 3 aromatic rings. The molecule has 1 aromatic heterocycles. The molecule has 0 bridgehead atoms. The molecule has 1 N–H and O–H groups in total. The van der Waals surface area contributed by atoms with Crippen molar-refractivity contribution in [2.24, 2.45) is 0 Å². The maximum absolute atomic E-state index is 12.9. The van der Waals surface area contributed by atoms with Gasteiger partial charge in [0.2, 0.25) is 11.8 Å². The minimum absolute atomic E-state index is 0.0559. The number of aromatic nitrogens is 1. The van der Waals surface area contributed by atoms with Gasteiger partial charge in [0.25, 0.3) is 0 Å². The summed E-state index contributed by atoms with van der Waals surface area (Å²) < 4.78 is 17.6. The summed E-state index contributed by atoms with van der Waals surface area (Å²) in [6.07, 6.45) is 4.27. The molecule has 2 aliphatic heterocycles. The number of ether oxygens (including phenoxy) is 3. The zero-order chi connectivity index (χ0) is 26.7. The maximum Gasteiger partial charge on any atom is 0.410 e. The number of nitrogens with zero attached hydrogens (tertiary/aromatic N) is 2. The number of benzene rings is 2. The highest BCUT2D eigenvalue weighted by Gasteiger charge is 2.36. The summed E-state index contributed by atoms with van der Waals surface area (Å²) in [5, 5.41) is 2.86. The molecule has 38 heavy (non-hydrogen) atoms. The average molecular weight is 516 g/mol. The first-order chi connectivity index (χ1) is 18.2. The van der Waals surface area contributed by atoms with Gasteiger partial charge in [0.1, 0.15) is 29.2 Å². The minimum Gasteiger partial charge on any atom is -0.485 e. The van der Waals surface area contributed by atoms with E-state index in [1.54, 1.807) is 18.3 Å². The highest BCUT2D eigenvalue weighted by molar-refractivity contribution is 5.96. The first-order valence-electron chi connectivity index (χ1n) is 13.0. The lowest BCUT2D eigenvalue weighted by Crippen LogP contribution is -2.45. The first kappa shape index (κ1) is 25.6. The van der Waals surface area contributed by atoms with Crippen molar-refractivity contribution in [1.82, 2.24) is 9.88 Å². The van der Waals surface area contributed by atoms with Crippen LogP contribution in [0.5, 0.6) is 17.4 Å². The minimum atomic E-state index is -0.615. The number of nitrogens with one attached hydrogen (secondary N) is 1. The van der Waals surface area contributed by atoms with E-state index in [2.05, 4.69) is 22.4 Å². The molecule has 2 atom stereocenters. The second-order valence-electron chi connectivity index (χ2n) is 10.6. The molecular formula is C30H33N3O5. The van der Waals surface area contributed by atoms with Crippen LogP contribution in [0, 0.1) is 0 Å². The highest BCUT2D eigenvalue weighted by atomic mass is 16.6. The average Bonchev–Trinajstić information content (AvgIpc) is 3.40. The largest absolute Gasteiger partial charge is 0.485 e. The van der Waals surface area contributed by atoms with Gasteiger partial charge in [-0.25, -0.2) is 9.78 Å². The molecule has 0 radical (unpaired) electrons. The number of hydrogen-bond donors (Lipinski definition) is 1. The van der Waals surface area contributed by atoms with Gasteiger partial charge in [0.05, 0.1) is 11.9 Å². The molecule has 0 spiro atoms. The molecule has 2 aromatic carbocycles. The van der Waals surface area contributed by atoms with Crippen molar-refractivity contribution in [3.8, 4) is 17.4 Å². The lowest BCUT2D eigenvalue weighted by Gasteiger charge is -2.28. The van der Waals surface area contributed by atoms with E-state index < -0.39 is 17.7 Å². The van der Waals surface area contributed by atoms with Crippen molar-refractivity contribution >= 4 is 17.7 Å². The fourth-order valence-electron chi connectivity index (χ4n) is 4.77. The number of carbonyl (C=O) groups excluding carboxylic acids is 2. The molecule has 1 fully saturated rings. The van der Waals surface area contributed by atoms with Gasteiger partial charge in [-0.2, -0.15) is 0 Å². The van der Waals surface area contributed by atoms with Crippen LogP contribution in [0.25, 0.3) is 0 Å². The van der Waals surface area contributed by atoms with E-state index in [0.29, 0.717) is 30.3 Å². The number of anilines is 1. The summed E-state index contributed by atoms with van der Waals surface area (Å²) in [4.78, 5) is 31.2. The SMILES string of the molecule is CC(C)(C)OC(=O)N1CCCC1C(=O)Nc1ccc(Oc2ccc3c(c2)CC[C@@H](c2ccccc2)O3)nc1. The molecule has 5 rings (SSSR count). The number of carbonyl (C=O) groups is 2. The number of rotatable bonds is 5. The number of aryl methyl sites for hydroxylation is 1. The van der Waals surface area contributed by atoms with Crippen LogP contribution in [0.4, 0.5) is 10.5 Å². The lowest BCUT2D eigenvalue weighted by molar-refractivity contribution is -0.120. The maximum atomic E-state index is 12.9. The van der Waals surface area contributed by atoms with Crippen LogP contribution in [0.2, 0.25) is 0 Å². The highest BCUT2D eigenvalue weighted by Crippen LogP contribution is 2.37. The van der Waals surface area contributed by atoms with Crippen molar-refractivity contribution in [3.05, 3.63) is 78.0 Å². The van der Waals surface area contributed by atoms with Crippen molar-refractivity contribution < 1.29 is 23.8 Å². The summed E-state index contributed by atoms with van der Waals surface area (Å²) >= 11 is 0. The summed E-state index contributed by atoms with van der Waals surface area (Å²) in [5.41, 5.74) is 2.20. The van der Waals surface area contributed by atoms with Crippen LogP contribution in [0.15, 0.2) is 66.9 Å². The fourth-order valence-corrected chi connectivity index (χ4v) is 4.77. The van der Waals surface area contributed by atoms with Gasteiger partial charge in [-0.3, -0.25) is 9.69 Å². The Bertz CT molecular complexity index is 1290. The van der Waals surface area contributed by atoms with E-state index in [9.17, 15) is 9.59 Å². The number of fused-ring (bicyclic) bond motifs is 1. The molecule has 2 aliphatic rings. The molecule has 8 nitrogen and oxygen atoms in total. The standard InChI is InChI=1S/C30H33N3O5/c1-30(2,3)38-29(35)33-17-7-10-24(33)28(34)32-22-12-16-27(31-19-22)36-23-13-15-26-21(18-23)11-14-25(37-26)20-8-5-4-6-9-20/h4-6,8-9,12-13,15-16,18-19,24-25H,7,10-11,14,17H2,1-3H3,(H,32,34)/t24?,25-/m0/s1.